The number of thiophene rings is 1. The van der Waals surface area contributed by atoms with Gasteiger partial charge in [-0.15, -0.1) is 11.3 Å². The lowest BCUT2D eigenvalue weighted by molar-refractivity contribution is -0.428. The summed E-state index contributed by atoms with van der Waals surface area (Å²) in [6.45, 7) is 0. The molecule has 0 saturated carbocycles. The Balaban J connectivity index is 1.95. The van der Waals surface area contributed by atoms with Gasteiger partial charge < -0.3 is 0 Å². The maximum absolute atomic E-state index is 12.8. The van der Waals surface area contributed by atoms with Crippen LogP contribution in [0.15, 0.2) is 53.5 Å². The average molecular weight is 324 g/mol. The highest BCUT2D eigenvalue weighted by Gasteiger charge is 2.34. The molecule has 3 aromatic rings. The van der Waals surface area contributed by atoms with Crippen LogP contribution in [0.4, 0.5) is 0 Å². The molecule has 0 N–H and O–H groups in total. The predicted molar refractivity (Wildman–Crippen MR) is 89.2 cm³/mol. The van der Waals surface area contributed by atoms with Crippen molar-refractivity contribution in [1.82, 2.24) is 4.57 Å². The van der Waals surface area contributed by atoms with Gasteiger partial charge in [0.1, 0.15) is 0 Å². The van der Waals surface area contributed by atoms with Gasteiger partial charge in [0.25, 0.3) is 5.70 Å². The minimum Gasteiger partial charge on any atom is -0.280 e. The van der Waals surface area contributed by atoms with Crippen LogP contribution in [0.3, 0.4) is 0 Å². The van der Waals surface area contributed by atoms with Crippen molar-refractivity contribution in [3.05, 3.63) is 74.2 Å². The molecule has 1 aliphatic heterocycles. The van der Waals surface area contributed by atoms with E-state index in [4.69, 9.17) is 0 Å². The molecule has 23 heavy (non-hydrogen) atoms. The first-order chi connectivity index (χ1) is 11.1. The van der Waals surface area contributed by atoms with Crippen molar-refractivity contribution in [2.45, 2.75) is 12.3 Å². The van der Waals surface area contributed by atoms with Gasteiger partial charge in [-0.25, -0.2) is 0 Å². The van der Waals surface area contributed by atoms with Crippen LogP contribution in [0.25, 0.3) is 17.0 Å². The Morgan fingerprint density at radius 3 is 2.78 bits per heavy atom. The predicted octanol–water partition coefficient (Wildman–Crippen LogP) is 4.15. The number of hydrogen-bond acceptors (Lipinski definition) is 4. The number of carbonyl (C=O) groups excluding carboxylic acids is 1. The summed E-state index contributed by atoms with van der Waals surface area (Å²) in [5, 5.41) is 14.3. The maximum atomic E-state index is 12.8. The zero-order valence-electron chi connectivity index (χ0n) is 12.0. The van der Waals surface area contributed by atoms with Crippen molar-refractivity contribution in [3.8, 4) is 0 Å². The lowest BCUT2D eigenvalue weighted by atomic mass is 9.99. The average Bonchev–Trinajstić information content (AvgIpc) is 3.14. The van der Waals surface area contributed by atoms with Crippen molar-refractivity contribution < 1.29 is 9.72 Å². The number of para-hydroxylation sites is 1. The second kappa shape index (κ2) is 5.17. The van der Waals surface area contributed by atoms with Crippen LogP contribution in [0.1, 0.15) is 27.7 Å². The standard InChI is InChI=1S/C17H12N2O3S/c20-17-10-13(16-6-3-7-23-16)15(19(21)22)9-12-8-11-4-1-2-5-14(11)18(12)17/h1-9,13H,10H2. The topological polar surface area (TPSA) is 65.1 Å². The normalized spacial score (nSPS) is 17.7. The summed E-state index contributed by atoms with van der Waals surface area (Å²) in [6, 6.07) is 13.0. The molecular formula is C17H12N2O3S. The highest BCUT2D eigenvalue weighted by atomic mass is 32.1. The number of rotatable bonds is 2. The van der Waals surface area contributed by atoms with E-state index < -0.39 is 5.92 Å². The summed E-state index contributed by atoms with van der Waals surface area (Å²) >= 11 is 1.44. The van der Waals surface area contributed by atoms with Crippen molar-refractivity contribution >= 4 is 34.2 Å². The Morgan fingerprint density at radius 1 is 1.22 bits per heavy atom. The zero-order valence-corrected chi connectivity index (χ0v) is 12.8. The van der Waals surface area contributed by atoms with Crippen molar-refractivity contribution in [3.63, 3.8) is 0 Å². The Morgan fingerprint density at radius 2 is 2.04 bits per heavy atom. The highest BCUT2D eigenvalue weighted by molar-refractivity contribution is 7.10. The third-order valence-corrected chi connectivity index (χ3v) is 5.10. The summed E-state index contributed by atoms with van der Waals surface area (Å²) < 4.78 is 1.59. The van der Waals surface area contributed by atoms with Crippen LogP contribution in [0.5, 0.6) is 0 Å². The van der Waals surface area contributed by atoms with Gasteiger partial charge in [-0.05, 0) is 23.6 Å². The van der Waals surface area contributed by atoms with E-state index in [0.29, 0.717) is 5.69 Å². The minimum atomic E-state index is -0.504. The lowest BCUT2D eigenvalue weighted by Crippen LogP contribution is -2.15. The number of fused-ring (bicyclic) bond motifs is 3. The number of aromatic nitrogens is 1. The minimum absolute atomic E-state index is 0.0716. The molecule has 0 amide bonds. The first-order valence-electron chi connectivity index (χ1n) is 7.18. The van der Waals surface area contributed by atoms with Crippen LogP contribution < -0.4 is 0 Å². The van der Waals surface area contributed by atoms with Gasteiger partial charge in [-0.3, -0.25) is 19.5 Å². The number of nitro groups is 1. The van der Waals surface area contributed by atoms with E-state index in [-0.39, 0.29) is 22.9 Å². The number of hydrogen-bond donors (Lipinski definition) is 0. The van der Waals surface area contributed by atoms with Gasteiger partial charge in [0.2, 0.25) is 5.91 Å². The third-order valence-electron chi connectivity index (χ3n) is 4.12. The summed E-state index contributed by atoms with van der Waals surface area (Å²) in [6.07, 6.45) is 1.63. The van der Waals surface area contributed by atoms with E-state index in [2.05, 4.69) is 0 Å². The summed E-state index contributed by atoms with van der Waals surface area (Å²) in [5.74, 6) is -0.621. The molecule has 3 heterocycles. The smallest absolute Gasteiger partial charge is 0.257 e. The Hall–Kier alpha value is -2.73. The summed E-state index contributed by atoms with van der Waals surface area (Å²) in [7, 11) is 0. The third kappa shape index (κ3) is 2.19. The molecular weight excluding hydrogens is 312 g/mol. The molecule has 114 valence electrons. The molecule has 1 atom stereocenters. The largest absolute Gasteiger partial charge is 0.280 e. The van der Waals surface area contributed by atoms with Crippen LogP contribution in [-0.4, -0.2) is 15.4 Å². The quantitative estimate of drug-likeness (QED) is 0.525. The van der Waals surface area contributed by atoms with E-state index >= 15 is 0 Å². The summed E-state index contributed by atoms with van der Waals surface area (Å²) in [5.41, 5.74) is 1.43. The van der Waals surface area contributed by atoms with Gasteiger partial charge in [0, 0.05) is 22.8 Å². The lowest BCUT2D eigenvalue weighted by Gasteiger charge is -2.10. The van der Waals surface area contributed by atoms with E-state index in [1.54, 1.807) is 4.57 Å². The molecule has 1 unspecified atom stereocenters. The fourth-order valence-corrected chi connectivity index (χ4v) is 3.94. The van der Waals surface area contributed by atoms with Crippen molar-refractivity contribution in [1.29, 1.82) is 0 Å². The summed E-state index contributed by atoms with van der Waals surface area (Å²) in [4.78, 5) is 24.8. The number of carbonyl (C=O) groups is 1. The van der Waals surface area contributed by atoms with Gasteiger partial charge in [0.05, 0.1) is 22.1 Å². The zero-order chi connectivity index (χ0) is 16.0. The van der Waals surface area contributed by atoms with E-state index in [9.17, 15) is 14.9 Å². The number of nitrogens with zero attached hydrogens (tertiary/aromatic N) is 2. The van der Waals surface area contributed by atoms with Crippen molar-refractivity contribution in [2.24, 2.45) is 0 Å². The van der Waals surface area contributed by atoms with Crippen LogP contribution >= 0.6 is 11.3 Å². The van der Waals surface area contributed by atoms with Gasteiger partial charge >= 0.3 is 0 Å². The molecule has 1 aliphatic rings. The molecule has 0 aliphatic carbocycles. The molecule has 6 heteroatoms. The monoisotopic (exact) mass is 324 g/mol. The van der Waals surface area contributed by atoms with Gasteiger partial charge in [-0.2, -0.15) is 0 Å². The van der Waals surface area contributed by atoms with Gasteiger partial charge in [0.15, 0.2) is 0 Å². The molecule has 0 bridgehead atoms. The highest BCUT2D eigenvalue weighted by Crippen LogP contribution is 2.37. The second-order valence-electron chi connectivity index (χ2n) is 5.46. The first-order valence-corrected chi connectivity index (χ1v) is 8.06. The molecule has 5 nitrogen and oxygen atoms in total. The molecule has 4 rings (SSSR count). The number of allylic oxidation sites excluding steroid dienone is 1. The second-order valence-corrected chi connectivity index (χ2v) is 6.43. The fourth-order valence-electron chi connectivity index (χ4n) is 3.10. The van der Waals surface area contributed by atoms with E-state index in [1.165, 1.54) is 17.4 Å². The van der Waals surface area contributed by atoms with Crippen molar-refractivity contribution in [2.75, 3.05) is 0 Å². The number of benzene rings is 1. The molecule has 1 aromatic carbocycles. The van der Waals surface area contributed by atoms with E-state index in [0.717, 1.165) is 15.8 Å². The molecule has 0 spiro atoms. The molecule has 0 fully saturated rings. The van der Waals surface area contributed by atoms with Crippen LogP contribution in [0, 0.1) is 10.1 Å². The maximum Gasteiger partial charge on any atom is 0.257 e. The van der Waals surface area contributed by atoms with Crippen LogP contribution in [-0.2, 0) is 0 Å². The SMILES string of the molecule is O=C1CC(c2cccs2)C([N+](=O)[O-])=Cc2cc3ccccc3n21. The van der Waals surface area contributed by atoms with E-state index in [1.807, 2.05) is 47.8 Å². The first kappa shape index (κ1) is 13.9. The van der Waals surface area contributed by atoms with Crippen LogP contribution in [0.2, 0.25) is 0 Å². The van der Waals surface area contributed by atoms with Gasteiger partial charge in [-0.1, -0.05) is 24.3 Å². The molecule has 0 saturated heterocycles. The molecule has 0 radical (unpaired) electrons. The fraction of sp³-hybridized carbons (Fsp3) is 0.118. The Labute approximate surface area is 135 Å². The molecule has 2 aromatic heterocycles. The Bertz CT molecular complexity index is 954. The Kier molecular flexibility index (Phi) is 3.12.